The molecule has 2 rings (SSSR count). The van der Waals surface area contributed by atoms with Gasteiger partial charge < -0.3 is 10.6 Å². The number of nitrogens with two attached hydrogens (primary N) is 1. The van der Waals surface area contributed by atoms with Gasteiger partial charge in [-0.05, 0) is 36.6 Å². The van der Waals surface area contributed by atoms with E-state index in [0.717, 1.165) is 37.7 Å². The number of hydrogen-bond acceptors (Lipinski definition) is 5. The highest BCUT2D eigenvalue weighted by Gasteiger charge is 2.17. The summed E-state index contributed by atoms with van der Waals surface area (Å²) >= 11 is 2.04. The molecule has 0 aliphatic carbocycles. The number of hydrogen-bond donors (Lipinski definition) is 1. The van der Waals surface area contributed by atoms with E-state index in [-0.39, 0.29) is 0 Å². The Bertz CT molecular complexity index is 360. The van der Waals surface area contributed by atoms with Crippen LogP contribution in [-0.4, -0.2) is 54.1 Å². The van der Waals surface area contributed by atoms with Gasteiger partial charge in [-0.1, -0.05) is 6.92 Å². The molecule has 0 amide bonds. The summed E-state index contributed by atoms with van der Waals surface area (Å²) in [5.41, 5.74) is 6.40. The fourth-order valence-electron chi connectivity index (χ4n) is 2.32. The van der Waals surface area contributed by atoms with Crippen LogP contribution in [0.15, 0.2) is 18.3 Å². The van der Waals surface area contributed by atoms with Crippen molar-refractivity contribution in [2.24, 2.45) is 0 Å². The summed E-state index contributed by atoms with van der Waals surface area (Å²) in [5, 5.41) is 0. The number of aromatic nitrogens is 1. The van der Waals surface area contributed by atoms with Crippen molar-refractivity contribution < 1.29 is 0 Å². The molecule has 0 spiro atoms. The molecule has 106 valence electrons. The highest BCUT2D eigenvalue weighted by Crippen LogP contribution is 2.15. The zero-order valence-electron chi connectivity index (χ0n) is 11.7. The van der Waals surface area contributed by atoms with Crippen molar-refractivity contribution in [1.82, 2.24) is 9.88 Å². The largest absolute Gasteiger partial charge is 0.397 e. The van der Waals surface area contributed by atoms with Crippen molar-refractivity contribution in [2.75, 3.05) is 54.9 Å². The first kappa shape index (κ1) is 14.5. The van der Waals surface area contributed by atoms with Crippen LogP contribution in [0.4, 0.5) is 11.5 Å². The van der Waals surface area contributed by atoms with Gasteiger partial charge in [-0.2, -0.15) is 11.8 Å². The molecule has 5 heteroatoms. The third-order valence-corrected chi connectivity index (χ3v) is 4.42. The van der Waals surface area contributed by atoms with Gasteiger partial charge in [0.15, 0.2) is 0 Å². The summed E-state index contributed by atoms with van der Waals surface area (Å²) in [6, 6.07) is 3.94. The van der Waals surface area contributed by atoms with Crippen LogP contribution in [0.2, 0.25) is 0 Å². The monoisotopic (exact) mass is 280 g/mol. The second kappa shape index (κ2) is 7.60. The summed E-state index contributed by atoms with van der Waals surface area (Å²) in [7, 11) is 0. The number of thioether (sulfide) groups is 1. The standard InChI is InChI=1S/C14H24N4S/c1-2-19-11-3-6-17-7-9-18(10-8-17)14-5-4-13(15)12-16-14/h4-5,12H,2-3,6-11,15H2,1H3. The van der Waals surface area contributed by atoms with Crippen molar-refractivity contribution in [3.63, 3.8) is 0 Å². The van der Waals surface area contributed by atoms with Gasteiger partial charge in [0.05, 0.1) is 11.9 Å². The molecule has 1 aromatic rings. The molecule has 1 aromatic heterocycles. The smallest absolute Gasteiger partial charge is 0.128 e. The average Bonchev–Trinajstić information content (AvgIpc) is 2.45. The Morgan fingerprint density at radius 3 is 2.68 bits per heavy atom. The number of piperazine rings is 1. The van der Waals surface area contributed by atoms with E-state index < -0.39 is 0 Å². The van der Waals surface area contributed by atoms with Crippen LogP contribution in [0.1, 0.15) is 13.3 Å². The Balaban J connectivity index is 1.71. The Morgan fingerprint density at radius 1 is 1.26 bits per heavy atom. The number of nitrogen functional groups attached to an aromatic ring is 1. The lowest BCUT2D eigenvalue weighted by molar-refractivity contribution is 0.258. The lowest BCUT2D eigenvalue weighted by Gasteiger charge is -2.35. The molecule has 0 bridgehead atoms. The molecule has 0 aromatic carbocycles. The van der Waals surface area contributed by atoms with Crippen molar-refractivity contribution in [2.45, 2.75) is 13.3 Å². The molecule has 1 fully saturated rings. The molecule has 0 radical (unpaired) electrons. The molecule has 2 N–H and O–H groups in total. The van der Waals surface area contributed by atoms with Gasteiger partial charge in [0.2, 0.25) is 0 Å². The topological polar surface area (TPSA) is 45.4 Å². The van der Waals surface area contributed by atoms with Gasteiger partial charge in [0, 0.05) is 26.2 Å². The van der Waals surface area contributed by atoms with Crippen molar-refractivity contribution in [3.8, 4) is 0 Å². The highest BCUT2D eigenvalue weighted by atomic mass is 32.2. The normalized spacial score (nSPS) is 16.8. The minimum Gasteiger partial charge on any atom is -0.397 e. The maximum absolute atomic E-state index is 5.67. The molecule has 0 atom stereocenters. The molecule has 0 unspecified atom stereocenters. The van der Waals surface area contributed by atoms with Crippen LogP contribution in [-0.2, 0) is 0 Å². The molecule has 19 heavy (non-hydrogen) atoms. The van der Waals surface area contributed by atoms with E-state index in [4.69, 9.17) is 5.73 Å². The number of nitrogens with zero attached hydrogens (tertiary/aromatic N) is 3. The average molecular weight is 280 g/mol. The van der Waals surface area contributed by atoms with Crippen LogP contribution < -0.4 is 10.6 Å². The molecule has 1 saturated heterocycles. The van der Waals surface area contributed by atoms with Crippen molar-refractivity contribution >= 4 is 23.3 Å². The lowest BCUT2D eigenvalue weighted by atomic mass is 10.3. The Labute approximate surface area is 120 Å². The highest BCUT2D eigenvalue weighted by molar-refractivity contribution is 7.99. The van der Waals surface area contributed by atoms with Gasteiger partial charge in [0.1, 0.15) is 5.82 Å². The van der Waals surface area contributed by atoms with Crippen LogP contribution in [0.3, 0.4) is 0 Å². The van der Waals surface area contributed by atoms with Crippen LogP contribution in [0.5, 0.6) is 0 Å². The van der Waals surface area contributed by atoms with E-state index in [1.807, 2.05) is 23.9 Å². The quantitative estimate of drug-likeness (QED) is 0.807. The maximum Gasteiger partial charge on any atom is 0.128 e. The van der Waals surface area contributed by atoms with Gasteiger partial charge in [-0.15, -0.1) is 0 Å². The SMILES string of the molecule is CCSCCCN1CCN(c2ccc(N)cn2)CC1. The second-order valence-corrected chi connectivity index (χ2v) is 6.22. The predicted octanol–water partition coefficient (Wildman–Crippen LogP) is 1.93. The molecule has 0 saturated carbocycles. The van der Waals surface area contributed by atoms with Gasteiger partial charge in [-0.25, -0.2) is 4.98 Å². The minimum atomic E-state index is 0.732. The predicted molar refractivity (Wildman–Crippen MR) is 84.9 cm³/mol. The Hall–Kier alpha value is -0.940. The second-order valence-electron chi connectivity index (χ2n) is 4.83. The zero-order chi connectivity index (χ0) is 13.5. The van der Waals surface area contributed by atoms with E-state index in [2.05, 4.69) is 21.7 Å². The molecular formula is C14H24N4S. The molecule has 2 heterocycles. The van der Waals surface area contributed by atoms with Crippen LogP contribution in [0, 0.1) is 0 Å². The number of rotatable bonds is 6. The number of anilines is 2. The molecular weight excluding hydrogens is 256 g/mol. The summed E-state index contributed by atoms with van der Waals surface area (Å²) in [5.74, 6) is 3.57. The van der Waals surface area contributed by atoms with E-state index in [1.165, 1.54) is 24.5 Å². The summed E-state index contributed by atoms with van der Waals surface area (Å²) in [4.78, 5) is 9.30. The minimum absolute atomic E-state index is 0.732. The van der Waals surface area contributed by atoms with Gasteiger partial charge >= 0.3 is 0 Å². The molecule has 1 aliphatic heterocycles. The summed E-state index contributed by atoms with van der Waals surface area (Å²) < 4.78 is 0. The van der Waals surface area contributed by atoms with Gasteiger partial charge in [-0.3, -0.25) is 4.90 Å². The third kappa shape index (κ3) is 4.58. The first-order chi connectivity index (χ1) is 9.29. The van der Waals surface area contributed by atoms with E-state index in [1.54, 1.807) is 6.20 Å². The molecule has 1 aliphatic rings. The zero-order valence-corrected chi connectivity index (χ0v) is 12.5. The first-order valence-electron chi connectivity index (χ1n) is 7.06. The fourth-order valence-corrected chi connectivity index (χ4v) is 2.94. The summed E-state index contributed by atoms with van der Waals surface area (Å²) in [6.45, 7) is 7.88. The van der Waals surface area contributed by atoms with Crippen LogP contribution in [0.25, 0.3) is 0 Å². The first-order valence-corrected chi connectivity index (χ1v) is 8.21. The number of pyridine rings is 1. The lowest BCUT2D eigenvalue weighted by Crippen LogP contribution is -2.47. The summed E-state index contributed by atoms with van der Waals surface area (Å²) in [6.07, 6.45) is 3.04. The van der Waals surface area contributed by atoms with Crippen molar-refractivity contribution in [3.05, 3.63) is 18.3 Å². The van der Waals surface area contributed by atoms with E-state index in [9.17, 15) is 0 Å². The molecule has 4 nitrogen and oxygen atoms in total. The third-order valence-electron chi connectivity index (χ3n) is 3.43. The van der Waals surface area contributed by atoms with E-state index >= 15 is 0 Å². The van der Waals surface area contributed by atoms with Crippen molar-refractivity contribution in [1.29, 1.82) is 0 Å². The van der Waals surface area contributed by atoms with E-state index in [0.29, 0.717) is 0 Å². The Kier molecular flexibility index (Phi) is 5.79. The maximum atomic E-state index is 5.67. The van der Waals surface area contributed by atoms with Crippen LogP contribution >= 0.6 is 11.8 Å². The van der Waals surface area contributed by atoms with Gasteiger partial charge in [0.25, 0.3) is 0 Å². The Morgan fingerprint density at radius 2 is 2.05 bits per heavy atom. The fraction of sp³-hybridized carbons (Fsp3) is 0.643.